The topological polar surface area (TPSA) is 91.5 Å². The lowest BCUT2D eigenvalue weighted by Crippen LogP contribution is -2.31. The minimum Gasteiger partial charge on any atom is -0.370 e. The van der Waals surface area contributed by atoms with Crippen LogP contribution in [0.4, 0.5) is 14.5 Å². The zero-order valence-electron chi connectivity index (χ0n) is 8.54. The van der Waals surface area contributed by atoms with Crippen LogP contribution in [0.1, 0.15) is 0 Å². The van der Waals surface area contributed by atoms with Gasteiger partial charge in [0.15, 0.2) is 5.96 Å². The molecule has 5 N–H and O–H groups in total. The standard InChI is InChI=1S/C9H11F2N5/c1-16(9(14)15-8(12)13)7-5(10)3-2-4-6(7)11/h2-4H,1H3,(H5,12,13,14,15). The molecular weight excluding hydrogens is 216 g/mol. The Hall–Kier alpha value is -2.18. The van der Waals surface area contributed by atoms with Crippen LogP contribution in [-0.4, -0.2) is 19.0 Å². The van der Waals surface area contributed by atoms with Gasteiger partial charge >= 0.3 is 0 Å². The van der Waals surface area contributed by atoms with Crippen molar-refractivity contribution in [2.45, 2.75) is 0 Å². The van der Waals surface area contributed by atoms with E-state index in [0.717, 1.165) is 17.0 Å². The summed E-state index contributed by atoms with van der Waals surface area (Å²) in [5.74, 6) is -2.39. The minimum atomic E-state index is -0.793. The fraction of sp³-hybridized carbons (Fsp3) is 0.111. The number of benzene rings is 1. The van der Waals surface area contributed by atoms with Gasteiger partial charge in [-0.05, 0) is 12.1 Å². The normalized spacial score (nSPS) is 9.69. The highest BCUT2D eigenvalue weighted by Gasteiger charge is 2.16. The molecule has 0 saturated carbocycles. The van der Waals surface area contributed by atoms with E-state index in [1.165, 1.54) is 13.1 Å². The SMILES string of the molecule is CN(C(=N)N=C(N)N)c1c(F)cccc1F. The number of guanidine groups is 2. The molecule has 16 heavy (non-hydrogen) atoms. The van der Waals surface area contributed by atoms with E-state index >= 15 is 0 Å². The van der Waals surface area contributed by atoms with Crippen LogP contribution in [0.2, 0.25) is 0 Å². The quantitative estimate of drug-likeness (QED) is 0.485. The number of hydrogen-bond acceptors (Lipinski definition) is 1. The molecule has 1 rings (SSSR count). The van der Waals surface area contributed by atoms with Gasteiger partial charge in [-0.15, -0.1) is 0 Å². The van der Waals surface area contributed by atoms with Crippen molar-refractivity contribution in [1.82, 2.24) is 0 Å². The Morgan fingerprint density at radius 1 is 1.31 bits per heavy atom. The average Bonchev–Trinajstić information content (AvgIpc) is 2.16. The summed E-state index contributed by atoms with van der Waals surface area (Å²) in [6.07, 6.45) is 0. The summed E-state index contributed by atoms with van der Waals surface area (Å²) in [4.78, 5) is 4.29. The molecule has 0 aliphatic heterocycles. The highest BCUT2D eigenvalue weighted by molar-refractivity contribution is 6.00. The Balaban J connectivity index is 3.10. The number of nitrogens with one attached hydrogen (secondary N) is 1. The van der Waals surface area contributed by atoms with Crippen molar-refractivity contribution in [3.05, 3.63) is 29.8 Å². The first-order chi connectivity index (χ1) is 7.43. The number of para-hydroxylation sites is 1. The summed E-state index contributed by atoms with van der Waals surface area (Å²) in [5, 5.41) is 7.40. The Labute approximate surface area is 90.9 Å². The van der Waals surface area contributed by atoms with Gasteiger partial charge in [-0.1, -0.05) is 6.07 Å². The third-order valence-corrected chi connectivity index (χ3v) is 1.83. The third kappa shape index (κ3) is 2.44. The minimum absolute atomic E-state index is 0.353. The molecule has 0 aliphatic rings. The molecule has 5 nitrogen and oxygen atoms in total. The van der Waals surface area contributed by atoms with Crippen LogP contribution < -0.4 is 16.4 Å². The Morgan fingerprint density at radius 3 is 2.25 bits per heavy atom. The first kappa shape index (κ1) is 11.9. The average molecular weight is 227 g/mol. The lowest BCUT2D eigenvalue weighted by Gasteiger charge is -2.18. The number of halogens is 2. The summed E-state index contributed by atoms with van der Waals surface area (Å²) >= 11 is 0. The lowest BCUT2D eigenvalue weighted by molar-refractivity contribution is 0.584. The van der Waals surface area contributed by atoms with Crippen molar-refractivity contribution in [3.8, 4) is 0 Å². The van der Waals surface area contributed by atoms with Gasteiger partial charge in [0, 0.05) is 7.05 Å². The zero-order chi connectivity index (χ0) is 12.3. The molecule has 0 aliphatic carbocycles. The Morgan fingerprint density at radius 2 is 1.81 bits per heavy atom. The molecule has 0 atom stereocenters. The number of hydrogen-bond donors (Lipinski definition) is 3. The molecule has 86 valence electrons. The van der Waals surface area contributed by atoms with Crippen molar-refractivity contribution in [2.24, 2.45) is 16.5 Å². The van der Waals surface area contributed by atoms with Gasteiger partial charge in [-0.3, -0.25) is 5.41 Å². The summed E-state index contributed by atoms with van der Waals surface area (Å²) in [6.45, 7) is 0. The van der Waals surface area contributed by atoms with Crippen LogP contribution in [0.25, 0.3) is 0 Å². The van der Waals surface area contributed by atoms with E-state index in [9.17, 15) is 8.78 Å². The van der Waals surface area contributed by atoms with E-state index in [1.807, 2.05) is 0 Å². The fourth-order valence-corrected chi connectivity index (χ4v) is 1.11. The van der Waals surface area contributed by atoms with E-state index < -0.39 is 17.6 Å². The Kier molecular flexibility index (Phi) is 3.39. The predicted molar refractivity (Wildman–Crippen MR) is 58.3 cm³/mol. The molecule has 0 fully saturated rings. The number of anilines is 1. The molecule has 0 amide bonds. The maximum Gasteiger partial charge on any atom is 0.225 e. The molecule has 1 aromatic rings. The predicted octanol–water partition coefficient (Wildman–Crippen LogP) is 0.609. The molecule has 0 aromatic heterocycles. The molecule has 1 aromatic carbocycles. The van der Waals surface area contributed by atoms with E-state index in [-0.39, 0.29) is 11.6 Å². The molecule has 0 bridgehead atoms. The zero-order valence-corrected chi connectivity index (χ0v) is 8.54. The van der Waals surface area contributed by atoms with Crippen LogP contribution in [0.5, 0.6) is 0 Å². The van der Waals surface area contributed by atoms with Gasteiger partial charge in [-0.25, -0.2) is 8.78 Å². The number of aliphatic imine (C=N–C) groups is 1. The third-order valence-electron chi connectivity index (χ3n) is 1.83. The maximum absolute atomic E-state index is 13.3. The number of nitrogens with zero attached hydrogens (tertiary/aromatic N) is 2. The van der Waals surface area contributed by atoms with E-state index in [0.29, 0.717) is 0 Å². The number of nitrogens with two attached hydrogens (primary N) is 2. The number of rotatable bonds is 1. The summed E-state index contributed by atoms with van der Waals surface area (Å²) in [7, 11) is 1.29. The summed E-state index contributed by atoms with van der Waals surface area (Å²) in [6, 6.07) is 3.39. The molecule has 0 unspecified atom stereocenters. The van der Waals surface area contributed by atoms with Crippen molar-refractivity contribution in [2.75, 3.05) is 11.9 Å². The van der Waals surface area contributed by atoms with E-state index in [4.69, 9.17) is 16.9 Å². The van der Waals surface area contributed by atoms with Gasteiger partial charge in [0.1, 0.15) is 17.3 Å². The van der Waals surface area contributed by atoms with Gasteiger partial charge in [0.25, 0.3) is 0 Å². The van der Waals surface area contributed by atoms with Crippen LogP contribution in [0.3, 0.4) is 0 Å². The van der Waals surface area contributed by atoms with Crippen LogP contribution in [0, 0.1) is 17.0 Å². The highest BCUT2D eigenvalue weighted by Crippen LogP contribution is 2.22. The van der Waals surface area contributed by atoms with Crippen LogP contribution in [-0.2, 0) is 0 Å². The van der Waals surface area contributed by atoms with Crippen molar-refractivity contribution in [3.63, 3.8) is 0 Å². The highest BCUT2D eigenvalue weighted by atomic mass is 19.1. The summed E-state index contributed by atoms with van der Waals surface area (Å²) in [5.41, 5.74) is 9.74. The van der Waals surface area contributed by atoms with Gasteiger partial charge in [0.05, 0.1) is 0 Å². The second kappa shape index (κ2) is 4.56. The maximum atomic E-state index is 13.3. The first-order valence-electron chi connectivity index (χ1n) is 4.29. The molecule has 0 radical (unpaired) electrons. The smallest absolute Gasteiger partial charge is 0.225 e. The van der Waals surface area contributed by atoms with Crippen molar-refractivity contribution < 1.29 is 8.78 Å². The molecular formula is C9H11F2N5. The molecule has 0 spiro atoms. The largest absolute Gasteiger partial charge is 0.370 e. The van der Waals surface area contributed by atoms with E-state index in [1.54, 1.807) is 0 Å². The second-order valence-electron chi connectivity index (χ2n) is 2.99. The van der Waals surface area contributed by atoms with Crippen molar-refractivity contribution >= 4 is 17.6 Å². The molecule has 7 heteroatoms. The Bertz CT molecular complexity index is 419. The fourth-order valence-electron chi connectivity index (χ4n) is 1.11. The van der Waals surface area contributed by atoms with Crippen LogP contribution >= 0.6 is 0 Å². The monoisotopic (exact) mass is 227 g/mol. The summed E-state index contributed by atoms with van der Waals surface area (Å²) < 4.78 is 26.6. The van der Waals surface area contributed by atoms with Gasteiger partial charge < -0.3 is 16.4 Å². The van der Waals surface area contributed by atoms with Crippen molar-refractivity contribution in [1.29, 1.82) is 5.41 Å². The van der Waals surface area contributed by atoms with E-state index in [2.05, 4.69) is 4.99 Å². The molecule has 0 heterocycles. The van der Waals surface area contributed by atoms with Crippen LogP contribution in [0.15, 0.2) is 23.2 Å². The first-order valence-corrected chi connectivity index (χ1v) is 4.29. The lowest BCUT2D eigenvalue weighted by atomic mass is 10.2. The second-order valence-corrected chi connectivity index (χ2v) is 2.99. The van der Waals surface area contributed by atoms with Gasteiger partial charge in [0.2, 0.25) is 5.96 Å². The van der Waals surface area contributed by atoms with Gasteiger partial charge in [-0.2, -0.15) is 4.99 Å². The molecule has 0 saturated heterocycles.